The number of hydrogen-bond acceptors (Lipinski definition) is 4. The Balaban J connectivity index is 1.99. The van der Waals surface area contributed by atoms with Gasteiger partial charge in [-0.2, -0.15) is 0 Å². The number of aromatic nitrogens is 3. The first-order valence-corrected chi connectivity index (χ1v) is 6.47. The van der Waals surface area contributed by atoms with E-state index in [1.54, 1.807) is 19.1 Å². The second kappa shape index (κ2) is 6.02. The number of nitrogens with zero attached hydrogens (tertiary/aromatic N) is 3. The third-order valence-electron chi connectivity index (χ3n) is 2.75. The Morgan fingerprint density at radius 2 is 2.30 bits per heavy atom. The molecule has 6 nitrogen and oxygen atoms in total. The van der Waals surface area contributed by atoms with Crippen molar-refractivity contribution in [2.45, 2.75) is 26.5 Å². The minimum atomic E-state index is -0.706. The van der Waals surface area contributed by atoms with Crippen LogP contribution in [0.1, 0.15) is 24.3 Å². The normalized spacial score (nSPS) is 12.2. The number of rotatable bonds is 4. The quantitative estimate of drug-likeness (QED) is 0.903. The highest BCUT2D eigenvalue weighted by atomic mass is 35.5. The summed E-state index contributed by atoms with van der Waals surface area (Å²) in [7, 11) is 0. The Kier molecular flexibility index (Phi) is 4.36. The van der Waals surface area contributed by atoms with E-state index < -0.39 is 6.10 Å². The summed E-state index contributed by atoms with van der Waals surface area (Å²) >= 11 is 5.99. The molecule has 1 heterocycles. The van der Waals surface area contributed by atoms with Crippen molar-refractivity contribution in [2.75, 3.05) is 5.32 Å². The Morgan fingerprint density at radius 1 is 1.55 bits per heavy atom. The summed E-state index contributed by atoms with van der Waals surface area (Å²) in [6.07, 6.45) is 0.828. The van der Waals surface area contributed by atoms with E-state index >= 15 is 0 Å². The second-order valence-electron chi connectivity index (χ2n) is 4.53. The zero-order chi connectivity index (χ0) is 14.7. The van der Waals surface area contributed by atoms with Crippen molar-refractivity contribution in [3.8, 4) is 0 Å². The minimum Gasteiger partial charge on any atom is -0.387 e. The number of nitrogens with one attached hydrogen (secondary N) is 1. The summed E-state index contributed by atoms with van der Waals surface area (Å²) in [5.74, 6) is -0.244. The van der Waals surface area contributed by atoms with Crippen molar-refractivity contribution >= 4 is 23.2 Å². The average Bonchev–Trinajstić information content (AvgIpc) is 2.82. The van der Waals surface area contributed by atoms with Crippen LogP contribution in [0.5, 0.6) is 0 Å². The van der Waals surface area contributed by atoms with Gasteiger partial charge in [0.25, 0.3) is 0 Å². The van der Waals surface area contributed by atoms with Gasteiger partial charge >= 0.3 is 0 Å². The molecule has 7 heteroatoms. The first kappa shape index (κ1) is 14.5. The van der Waals surface area contributed by atoms with Gasteiger partial charge in [-0.15, -0.1) is 5.10 Å². The van der Waals surface area contributed by atoms with Crippen LogP contribution in [0, 0.1) is 6.92 Å². The lowest BCUT2D eigenvalue weighted by Crippen LogP contribution is -2.19. The summed E-state index contributed by atoms with van der Waals surface area (Å²) in [4.78, 5) is 11.9. The van der Waals surface area contributed by atoms with E-state index in [1.807, 2.05) is 13.0 Å². The van der Waals surface area contributed by atoms with Gasteiger partial charge in [-0.25, -0.2) is 4.68 Å². The maximum absolute atomic E-state index is 11.9. The van der Waals surface area contributed by atoms with Crippen molar-refractivity contribution in [2.24, 2.45) is 0 Å². The highest BCUT2D eigenvalue weighted by Gasteiger charge is 2.09. The number of aryl methyl sites for hydroxylation is 1. The van der Waals surface area contributed by atoms with E-state index in [-0.39, 0.29) is 12.5 Å². The number of carbonyl (C=O) groups excluding carboxylic acids is 1. The predicted octanol–water partition coefficient (Wildman–Crippen LogP) is 1.93. The molecule has 1 unspecified atom stereocenters. The molecule has 0 aliphatic rings. The zero-order valence-corrected chi connectivity index (χ0v) is 11.9. The molecule has 1 atom stereocenters. The predicted molar refractivity (Wildman–Crippen MR) is 75.5 cm³/mol. The molecule has 2 rings (SSSR count). The van der Waals surface area contributed by atoms with E-state index in [4.69, 9.17) is 11.6 Å². The molecule has 0 bridgehead atoms. The molecule has 0 spiro atoms. The molecule has 0 fully saturated rings. The van der Waals surface area contributed by atoms with E-state index in [0.717, 1.165) is 5.56 Å². The molecule has 1 aromatic heterocycles. The number of hydrogen-bond donors (Lipinski definition) is 2. The zero-order valence-electron chi connectivity index (χ0n) is 11.2. The summed E-state index contributed by atoms with van der Waals surface area (Å²) < 4.78 is 1.37. The number of carbonyl (C=O) groups is 1. The fourth-order valence-electron chi connectivity index (χ4n) is 1.60. The number of halogens is 1. The Bertz CT molecular complexity index is 625. The lowest BCUT2D eigenvalue weighted by Gasteiger charge is -2.06. The molecule has 1 amide bonds. The maximum Gasteiger partial charge on any atom is 0.246 e. The van der Waals surface area contributed by atoms with Crippen molar-refractivity contribution in [3.05, 3.63) is 40.7 Å². The van der Waals surface area contributed by atoms with Gasteiger partial charge in [0, 0.05) is 10.7 Å². The summed E-state index contributed by atoms with van der Waals surface area (Å²) in [6.45, 7) is 3.49. The van der Waals surface area contributed by atoms with Crippen LogP contribution >= 0.6 is 11.6 Å². The molecule has 0 saturated heterocycles. The SMILES string of the molecule is Cc1ccc(NC(=O)Cn2cc(C(C)O)nn2)cc1Cl. The fourth-order valence-corrected chi connectivity index (χ4v) is 1.78. The number of aliphatic hydroxyl groups excluding tert-OH is 1. The van der Waals surface area contributed by atoms with Gasteiger partial charge in [0.2, 0.25) is 5.91 Å². The topological polar surface area (TPSA) is 80.0 Å². The van der Waals surface area contributed by atoms with Gasteiger partial charge in [-0.3, -0.25) is 4.79 Å². The maximum atomic E-state index is 11.9. The van der Waals surface area contributed by atoms with E-state index in [1.165, 1.54) is 10.9 Å². The third kappa shape index (κ3) is 3.55. The summed E-state index contributed by atoms with van der Waals surface area (Å²) in [6, 6.07) is 5.30. The van der Waals surface area contributed by atoms with Gasteiger partial charge in [-0.1, -0.05) is 22.9 Å². The molecule has 0 radical (unpaired) electrons. The van der Waals surface area contributed by atoms with Gasteiger partial charge in [0.1, 0.15) is 12.2 Å². The Morgan fingerprint density at radius 3 is 2.90 bits per heavy atom. The van der Waals surface area contributed by atoms with Crippen LogP contribution in [0.3, 0.4) is 0 Å². The second-order valence-corrected chi connectivity index (χ2v) is 4.94. The number of benzene rings is 1. The summed E-state index contributed by atoms with van der Waals surface area (Å²) in [5.41, 5.74) is 2.00. The molecule has 2 N–H and O–H groups in total. The molecule has 1 aromatic carbocycles. The first-order chi connectivity index (χ1) is 9.45. The lowest BCUT2D eigenvalue weighted by molar-refractivity contribution is -0.116. The Hall–Kier alpha value is -1.92. The first-order valence-electron chi connectivity index (χ1n) is 6.10. The molecule has 0 saturated carbocycles. The molecule has 2 aromatic rings. The van der Waals surface area contributed by atoms with Gasteiger partial charge in [0.05, 0.1) is 12.3 Å². The van der Waals surface area contributed by atoms with E-state index in [9.17, 15) is 9.90 Å². The van der Waals surface area contributed by atoms with Crippen LogP contribution in [0.15, 0.2) is 24.4 Å². The summed E-state index contributed by atoms with van der Waals surface area (Å²) in [5, 5.41) is 20.2. The van der Waals surface area contributed by atoms with Crippen LogP contribution in [0.2, 0.25) is 5.02 Å². The van der Waals surface area contributed by atoms with Crippen molar-refractivity contribution in [1.29, 1.82) is 0 Å². The minimum absolute atomic E-state index is 0.0191. The van der Waals surface area contributed by atoms with Crippen LogP contribution in [0.4, 0.5) is 5.69 Å². The lowest BCUT2D eigenvalue weighted by atomic mass is 10.2. The van der Waals surface area contributed by atoms with E-state index in [2.05, 4.69) is 15.6 Å². The highest BCUT2D eigenvalue weighted by Crippen LogP contribution is 2.19. The molecular weight excluding hydrogens is 280 g/mol. The van der Waals surface area contributed by atoms with Gasteiger partial charge in [-0.05, 0) is 31.5 Å². The van der Waals surface area contributed by atoms with Crippen LogP contribution in [-0.2, 0) is 11.3 Å². The monoisotopic (exact) mass is 294 g/mol. The average molecular weight is 295 g/mol. The van der Waals surface area contributed by atoms with Gasteiger partial charge in [0.15, 0.2) is 0 Å². The molecule has 106 valence electrons. The molecule has 0 aliphatic heterocycles. The van der Waals surface area contributed by atoms with Crippen molar-refractivity contribution < 1.29 is 9.90 Å². The largest absolute Gasteiger partial charge is 0.387 e. The third-order valence-corrected chi connectivity index (χ3v) is 3.15. The van der Waals surface area contributed by atoms with Crippen LogP contribution in [0.25, 0.3) is 0 Å². The fraction of sp³-hybridized carbons (Fsp3) is 0.308. The molecular formula is C13H15ClN4O2. The van der Waals surface area contributed by atoms with Gasteiger partial charge < -0.3 is 10.4 Å². The molecule has 20 heavy (non-hydrogen) atoms. The van der Waals surface area contributed by atoms with Crippen LogP contribution < -0.4 is 5.32 Å². The van der Waals surface area contributed by atoms with Crippen LogP contribution in [-0.4, -0.2) is 26.0 Å². The smallest absolute Gasteiger partial charge is 0.246 e. The highest BCUT2D eigenvalue weighted by molar-refractivity contribution is 6.31. The number of aliphatic hydroxyl groups is 1. The molecule has 0 aliphatic carbocycles. The van der Waals surface area contributed by atoms with Crippen molar-refractivity contribution in [1.82, 2.24) is 15.0 Å². The number of amides is 1. The van der Waals surface area contributed by atoms with Crippen molar-refractivity contribution in [3.63, 3.8) is 0 Å². The Labute approximate surface area is 121 Å². The standard InChI is InChI=1S/C13H15ClN4O2/c1-8-3-4-10(5-11(8)14)15-13(20)7-18-6-12(9(2)19)16-17-18/h3-6,9,19H,7H2,1-2H3,(H,15,20). The number of anilines is 1. The van der Waals surface area contributed by atoms with E-state index in [0.29, 0.717) is 16.4 Å².